The summed E-state index contributed by atoms with van der Waals surface area (Å²) in [5, 5.41) is 18.7. The normalized spacial score (nSPS) is 31.1. The molecule has 2 aliphatic carbocycles. The summed E-state index contributed by atoms with van der Waals surface area (Å²) in [6.45, 7) is 11.8. The maximum atomic E-state index is 15.0. The lowest BCUT2D eigenvalue weighted by molar-refractivity contribution is -0.202. The molecular formula is C46H54N8O5S. The third-order valence-electron chi connectivity index (χ3n) is 14.4. The van der Waals surface area contributed by atoms with Gasteiger partial charge >= 0.3 is 5.97 Å². The summed E-state index contributed by atoms with van der Waals surface area (Å²) < 4.78 is 14.3. The van der Waals surface area contributed by atoms with Crippen molar-refractivity contribution < 1.29 is 23.9 Å². The van der Waals surface area contributed by atoms with E-state index >= 15 is 0 Å². The van der Waals surface area contributed by atoms with Gasteiger partial charge in [-0.2, -0.15) is 5.26 Å². The summed E-state index contributed by atoms with van der Waals surface area (Å²) in [6, 6.07) is 11.1. The van der Waals surface area contributed by atoms with Crippen LogP contribution in [0, 0.1) is 45.8 Å². The number of nitrogens with one attached hydrogen (secondary N) is 2. The molecule has 1 aromatic carbocycles. The summed E-state index contributed by atoms with van der Waals surface area (Å²) in [4.78, 5) is 55.1. The van der Waals surface area contributed by atoms with Crippen LogP contribution in [0.25, 0.3) is 33.4 Å². The smallest absolute Gasteiger partial charge is 0.324 e. The molecular weight excluding hydrogens is 777 g/mol. The van der Waals surface area contributed by atoms with Crippen LogP contribution in [0.1, 0.15) is 82.5 Å². The second-order valence-corrected chi connectivity index (χ2v) is 20.3. The van der Waals surface area contributed by atoms with Crippen molar-refractivity contribution in [3.63, 3.8) is 0 Å². The van der Waals surface area contributed by atoms with Gasteiger partial charge in [0.25, 0.3) is 5.91 Å². The molecule has 4 aliphatic heterocycles. The minimum Gasteiger partial charge on any atom is -0.464 e. The Balaban J connectivity index is 1.13. The number of carbonyl (C=O) groups excluding carboxylic acids is 3. The van der Waals surface area contributed by atoms with Gasteiger partial charge in [0.1, 0.15) is 17.1 Å². The summed E-state index contributed by atoms with van der Waals surface area (Å²) in [5.74, 6) is -0.506. The van der Waals surface area contributed by atoms with Crippen LogP contribution in [0.4, 0.5) is 0 Å². The van der Waals surface area contributed by atoms with E-state index in [0.29, 0.717) is 39.0 Å². The number of carbonyl (C=O) groups is 3. The van der Waals surface area contributed by atoms with Crippen molar-refractivity contribution in [3.05, 3.63) is 58.7 Å². The Hall–Kier alpha value is -4.68. The number of esters is 1. The number of aromatic nitrogens is 3. The number of ether oxygens (including phenoxy) is 2. The van der Waals surface area contributed by atoms with E-state index in [0.717, 1.165) is 76.3 Å². The highest BCUT2D eigenvalue weighted by molar-refractivity contribution is 7.10. The van der Waals surface area contributed by atoms with E-state index < -0.39 is 29.5 Å². The molecule has 314 valence electrons. The summed E-state index contributed by atoms with van der Waals surface area (Å²) in [6.07, 6.45) is 7.98. The monoisotopic (exact) mass is 830 g/mol. The van der Waals surface area contributed by atoms with Crippen molar-refractivity contribution in [2.24, 2.45) is 34.5 Å². The van der Waals surface area contributed by atoms with Crippen LogP contribution in [0.3, 0.4) is 0 Å². The van der Waals surface area contributed by atoms with Gasteiger partial charge in [0.2, 0.25) is 5.91 Å². The molecule has 7 heterocycles. The van der Waals surface area contributed by atoms with E-state index in [1.54, 1.807) is 11.2 Å². The number of nitrogens with zero attached hydrogens (tertiary/aromatic N) is 6. The predicted molar refractivity (Wildman–Crippen MR) is 226 cm³/mol. The second-order valence-electron chi connectivity index (χ2n) is 19.4. The van der Waals surface area contributed by atoms with Crippen molar-refractivity contribution in [2.45, 2.75) is 90.4 Å². The Bertz CT molecular complexity index is 2370. The molecule has 2 N–H and O–H groups in total. The summed E-state index contributed by atoms with van der Waals surface area (Å²) >= 11 is 1.52. The molecule has 60 heavy (non-hydrogen) atoms. The molecule has 0 radical (unpaired) electrons. The SMILES string of the molecule is C[C@@H]1C(C(=O)N[C@@H]2C(=O)N3CCC[C@H](N3)C(=O)OCC(C)(C)Cc3c(-c4cccnc4)n(C4CC[C@H](C#N)C4)c4ccc(cc34)-c3csc(n3)[C@H]2N2CC3(COC3)C2)[C@@H]1C. The molecule has 3 saturated heterocycles. The molecule has 8 atom stereocenters. The zero-order chi connectivity index (χ0) is 41.5. The average Bonchev–Trinajstić information content (AvgIpc) is 3.68. The number of thiazole rings is 1. The summed E-state index contributed by atoms with van der Waals surface area (Å²) in [7, 11) is 0. The largest absolute Gasteiger partial charge is 0.464 e. The van der Waals surface area contributed by atoms with Crippen LogP contribution in [0.2, 0.25) is 0 Å². The molecule has 4 aromatic rings. The fourth-order valence-electron chi connectivity index (χ4n) is 10.7. The van der Waals surface area contributed by atoms with Crippen LogP contribution in [0.5, 0.6) is 0 Å². The quantitative estimate of drug-likeness (QED) is 0.227. The van der Waals surface area contributed by atoms with Crippen molar-refractivity contribution in [1.82, 2.24) is 35.2 Å². The van der Waals surface area contributed by atoms with Gasteiger partial charge < -0.3 is 19.4 Å². The highest BCUT2D eigenvalue weighted by Gasteiger charge is 2.56. The average molecular weight is 831 g/mol. The van der Waals surface area contributed by atoms with Crippen LogP contribution in [-0.4, -0.2) is 93.8 Å². The number of benzene rings is 1. The van der Waals surface area contributed by atoms with E-state index in [4.69, 9.17) is 14.5 Å². The standard InChI is InChI=1S/C46H54N8O5S/c1-26-27(2)37(26)41(55)50-38-40(52-21-46(22-52)24-58-25-46)42-49-35(20-60-42)29-10-12-36-32(16-29)33(17-45(3,4)23-59-44(57)34-8-6-14-53(51-34)43(38)56)39(30-7-5-13-48-19-30)54(36)31-11-9-28(15-31)18-47/h5,7,10,12-13,16,19-20,26-28,31,34,37-38,40,51H,6,8-9,11,14-15,17,21-25H2,1-4H3,(H,50,55)/t26-,27+,28-,31?,34-,37?,38-,40-/m0/s1. The first-order chi connectivity index (χ1) is 28.9. The van der Waals surface area contributed by atoms with Crippen molar-refractivity contribution >= 4 is 40.0 Å². The number of hydrazine groups is 1. The Morgan fingerprint density at radius 3 is 2.58 bits per heavy atom. The highest BCUT2D eigenvalue weighted by atomic mass is 32.1. The van der Waals surface area contributed by atoms with E-state index in [9.17, 15) is 19.6 Å². The first kappa shape index (κ1) is 39.5. The van der Waals surface area contributed by atoms with Gasteiger partial charge in [0.05, 0.1) is 43.3 Å². The van der Waals surface area contributed by atoms with Crippen molar-refractivity contribution in [3.8, 4) is 28.6 Å². The first-order valence-electron chi connectivity index (χ1n) is 21.7. The number of hydrogen-bond acceptors (Lipinski definition) is 11. The number of likely N-dealkylation sites (tertiary alicyclic amines) is 1. The Morgan fingerprint density at radius 1 is 1.07 bits per heavy atom. The molecule has 3 aromatic heterocycles. The minimum atomic E-state index is -0.941. The second kappa shape index (κ2) is 15.0. The molecule has 14 heteroatoms. The minimum absolute atomic E-state index is 0.00391. The van der Waals surface area contributed by atoms with Gasteiger partial charge in [-0.05, 0) is 80.2 Å². The predicted octanol–water partition coefficient (Wildman–Crippen LogP) is 6.07. The van der Waals surface area contributed by atoms with Gasteiger partial charge in [-0.3, -0.25) is 29.3 Å². The van der Waals surface area contributed by atoms with Crippen LogP contribution < -0.4 is 10.7 Å². The Labute approximate surface area is 354 Å². The highest BCUT2D eigenvalue weighted by Crippen LogP contribution is 2.49. The van der Waals surface area contributed by atoms with E-state index in [1.807, 2.05) is 12.3 Å². The zero-order valence-corrected chi connectivity index (χ0v) is 35.7. The van der Waals surface area contributed by atoms with Gasteiger partial charge in [-0.25, -0.2) is 10.4 Å². The number of rotatable bonds is 5. The van der Waals surface area contributed by atoms with Gasteiger partial charge in [0, 0.05) is 88.1 Å². The third-order valence-corrected chi connectivity index (χ3v) is 15.3. The van der Waals surface area contributed by atoms with E-state index in [1.165, 1.54) is 11.3 Å². The first-order valence-corrected chi connectivity index (χ1v) is 22.6. The number of fused-ring (bicyclic) bond motifs is 6. The number of pyridine rings is 1. The van der Waals surface area contributed by atoms with Gasteiger partial charge in [-0.15, -0.1) is 11.3 Å². The third kappa shape index (κ3) is 6.91. The van der Waals surface area contributed by atoms with Gasteiger partial charge in [-0.1, -0.05) is 33.8 Å². The van der Waals surface area contributed by atoms with Crippen LogP contribution in [-0.2, 0) is 30.3 Å². The lowest BCUT2D eigenvalue weighted by Gasteiger charge is -2.58. The van der Waals surface area contributed by atoms with Crippen LogP contribution in [0.15, 0.2) is 48.1 Å². The molecule has 10 rings (SSSR count). The Morgan fingerprint density at radius 2 is 1.88 bits per heavy atom. The topological polar surface area (TPSA) is 155 Å². The van der Waals surface area contributed by atoms with E-state index in [2.05, 4.69) is 88.6 Å². The number of hydrogen-bond donors (Lipinski definition) is 2. The summed E-state index contributed by atoms with van der Waals surface area (Å²) in [5.41, 5.74) is 8.89. The number of amides is 2. The molecule has 2 saturated carbocycles. The van der Waals surface area contributed by atoms with Crippen molar-refractivity contribution in [2.75, 3.05) is 39.5 Å². The van der Waals surface area contributed by atoms with Crippen molar-refractivity contribution in [1.29, 1.82) is 5.26 Å². The number of nitriles is 1. The number of cyclic esters (lactones) is 1. The molecule has 2 amide bonds. The molecule has 13 nitrogen and oxygen atoms in total. The molecule has 6 bridgehead atoms. The lowest BCUT2D eigenvalue weighted by atomic mass is 9.76. The fourth-order valence-corrected chi connectivity index (χ4v) is 11.7. The fraction of sp³-hybridized carbons (Fsp3) is 0.565. The maximum Gasteiger partial charge on any atom is 0.324 e. The van der Waals surface area contributed by atoms with Crippen LogP contribution >= 0.6 is 11.3 Å². The maximum absolute atomic E-state index is 15.0. The molecule has 6 aliphatic rings. The Kier molecular flexibility index (Phi) is 9.89. The molecule has 2 unspecified atom stereocenters. The van der Waals surface area contributed by atoms with E-state index in [-0.39, 0.29) is 53.5 Å². The van der Waals surface area contributed by atoms with Gasteiger partial charge in [0.15, 0.2) is 0 Å². The molecule has 5 fully saturated rings. The lowest BCUT2D eigenvalue weighted by Crippen LogP contribution is -2.70. The zero-order valence-electron chi connectivity index (χ0n) is 34.9. The molecule has 1 spiro atoms.